The van der Waals surface area contributed by atoms with Crippen molar-refractivity contribution in [1.29, 1.82) is 0 Å². The second-order valence-electron chi connectivity index (χ2n) is 6.74. The number of ether oxygens (including phenoxy) is 1. The van der Waals surface area contributed by atoms with E-state index in [4.69, 9.17) is 16.3 Å². The number of halogens is 1. The minimum Gasteiger partial charge on any atom is -0.382 e. The van der Waals surface area contributed by atoms with Crippen molar-refractivity contribution in [2.24, 2.45) is 0 Å². The van der Waals surface area contributed by atoms with Crippen molar-refractivity contribution in [3.05, 3.63) is 70.4 Å². The molecule has 1 N–H and O–H groups in total. The number of amides is 2. The van der Waals surface area contributed by atoms with Crippen molar-refractivity contribution in [2.75, 3.05) is 25.1 Å². The fourth-order valence-electron chi connectivity index (χ4n) is 3.22. The number of anilines is 1. The third-order valence-electron chi connectivity index (χ3n) is 4.81. The Hall–Kier alpha value is -2.63. The van der Waals surface area contributed by atoms with Gasteiger partial charge in [-0.2, -0.15) is 0 Å². The predicted octanol–water partition coefficient (Wildman–Crippen LogP) is 4.52. The van der Waals surface area contributed by atoms with Crippen LogP contribution in [0.15, 0.2) is 54.2 Å². The molecule has 0 saturated carbocycles. The van der Waals surface area contributed by atoms with Crippen LogP contribution in [0.3, 0.4) is 0 Å². The first-order chi connectivity index (χ1) is 14.0. The van der Waals surface area contributed by atoms with Gasteiger partial charge in [-0.3, -0.25) is 14.5 Å². The van der Waals surface area contributed by atoms with Crippen LogP contribution in [-0.2, 0) is 20.7 Å². The molecule has 0 bridgehead atoms. The number of carbonyl (C=O) groups excluding carboxylic acids is 2. The highest BCUT2D eigenvalue weighted by Gasteiger charge is 2.38. The van der Waals surface area contributed by atoms with Crippen LogP contribution in [0, 0.1) is 0 Å². The fraction of sp³-hybridized carbons (Fsp3) is 0.304. The van der Waals surface area contributed by atoms with E-state index in [1.54, 1.807) is 24.3 Å². The van der Waals surface area contributed by atoms with E-state index in [0.29, 0.717) is 42.3 Å². The number of hydrogen-bond acceptors (Lipinski definition) is 4. The summed E-state index contributed by atoms with van der Waals surface area (Å²) < 4.78 is 5.34. The smallest absolute Gasteiger partial charge is 0.278 e. The van der Waals surface area contributed by atoms with Crippen molar-refractivity contribution >= 4 is 34.7 Å². The Bertz CT molecular complexity index is 905. The van der Waals surface area contributed by atoms with Crippen molar-refractivity contribution in [1.82, 2.24) is 4.90 Å². The van der Waals surface area contributed by atoms with E-state index < -0.39 is 0 Å². The second-order valence-corrected chi connectivity index (χ2v) is 7.18. The molecule has 2 aromatic rings. The first kappa shape index (κ1) is 21.1. The molecule has 6 heteroatoms. The van der Waals surface area contributed by atoms with Gasteiger partial charge in [0, 0.05) is 30.5 Å². The molecule has 0 aromatic heterocycles. The first-order valence-corrected chi connectivity index (χ1v) is 10.2. The summed E-state index contributed by atoms with van der Waals surface area (Å²) in [5.41, 5.74) is 3.28. The summed E-state index contributed by atoms with van der Waals surface area (Å²) in [5, 5.41) is 3.74. The Morgan fingerprint density at radius 3 is 2.28 bits per heavy atom. The SMILES string of the molecule is CCOCCCN1C(=O)C(Nc2ccc(CC)cc2)=C(c2ccc(Cl)cc2)C1=O. The van der Waals surface area contributed by atoms with E-state index in [2.05, 4.69) is 12.2 Å². The molecule has 5 nitrogen and oxygen atoms in total. The highest BCUT2D eigenvalue weighted by atomic mass is 35.5. The number of carbonyl (C=O) groups is 2. The molecular formula is C23H25ClN2O3. The zero-order chi connectivity index (χ0) is 20.8. The van der Waals surface area contributed by atoms with Gasteiger partial charge in [-0.05, 0) is 55.2 Å². The first-order valence-electron chi connectivity index (χ1n) is 9.85. The Labute approximate surface area is 176 Å². The van der Waals surface area contributed by atoms with E-state index in [-0.39, 0.29) is 17.5 Å². The molecule has 0 fully saturated rings. The number of aryl methyl sites for hydroxylation is 1. The van der Waals surface area contributed by atoms with Gasteiger partial charge in [-0.15, -0.1) is 0 Å². The number of nitrogens with one attached hydrogen (secondary N) is 1. The molecule has 1 aliphatic rings. The molecule has 152 valence electrons. The lowest BCUT2D eigenvalue weighted by Gasteiger charge is -2.15. The molecule has 2 aromatic carbocycles. The van der Waals surface area contributed by atoms with Crippen molar-refractivity contribution in [2.45, 2.75) is 26.7 Å². The van der Waals surface area contributed by atoms with Crippen LogP contribution in [0.25, 0.3) is 5.57 Å². The zero-order valence-electron chi connectivity index (χ0n) is 16.7. The lowest BCUT2D eigenvalue weighted by molar-refractivity contribution is -0.137. The maximum absolute atomic E-state index is 13.1. The van der Waals surface area contributed by atoms with Crippen LogP contribution in [-0.4, -0.2) is 36.5 Å². The highest BCUT2D eigenvalue weighted by molar-refractivity contribution is 6.36. The Balaban J connectivity index is 1.91. The summed E-state index contributed by atoms with van der Waals surface area (Å²) >= 11 is 6.00. The quantitative estimate of drug-likeness (QED) is 0.486. The van der Waals surface area contributed by atoms with Gasteiger partial charge in [0.1, 0.15) is 5.70 Å². The molecule has 1 heterocycles. The maximum Gasteiger partial charge on any atom is 0.278 e. The molecule has 0 unspecified atom stereocenters. The number of rotatable bonds is 9. The Kier molecular flexibility index (Phi) is 7.07. The van der Waals surface area contributed by atoms with E-state index in [0.717, 1.165) is 12.1 Å². The summed E-state index contributed by atoms with van der Waals surface area (Å²) in [4.78, 5) is 27.5. The molecule has 3 rings (SSSR count). The molecule has 0 atom stereocenters. The second kappa shape index (κ2) is 9.72. The highest BCUT2D eigenvalue weighted by Crippen LogP contribution is 2.31. The predicted molar refractivity (Wildman–Crippen MR) is 116 cm³/mol. The van der Waals surface area contributed by atoms with Gasteiger partial charge in [-0.25, -0.2) is 0 Å². The van der Waals surface area contributed by atoms with Gasteiger partial charge in [0.25, 0.3) is 11.8 Å². The Morgan fingerprint density at radius 1 is 0.966 bits per heavy atom. The topological polar surface area (TPSA) is 58.6 Å². The van der Waals surface area contributed by atoms with Crippen LogP contribution in [0.4, 0.5) is 5.69 Å². The van der Waals surface area contributed by atoms with Crippen LogP contribution in [0.2, 0.25) is 5.02 Å². The monoisotopic (exact) mass is 412 g/mol. The molecule has 0 spiro atoms. The van der Waals surface area contributed by atoms with Crippen LogP contribution < -0.4 is 5.32 Å². The Morgan fingerprint density at radius 2 is 1.66 bits per heavy atom. The summed E-state index contributed by atoms with van der Waals surface area (Å²) in [7, 11) is 0. The zero-order valence-corrected chi connectivity index (χ0v) is 17.5. The molecule has 29 heavy (non-hydrogen) atoms. The van der Waals surface area contributed by atoms with Gasteiger partial charge >= 0.3 is 0 Å². The van der Waals surface area contributed by atoms with Gasteiger partial charge in [0.2, 0.25) is 0 Å². The minimum atomic E-state index is -0.323. The summed E-state index contributed by atoms with van der Waals surface area (Å²) in [6, 6.07) is 14.8. The number of imide groups is 1. The molecule has 0 radical (unpaired) electrons. The minimum absolute atomic E-state index is 0.290. The molecule has 1 aliphatic heterocycles. The van der Waals surface area contributed by atoms with Gasteiger partial charge in [0.05, 0.1) is 5.57 Å². The maximum atomic E-state index is 13.1. The van der Waals surface area contributed by atoms with Crippen LogP contribution in [0.5, 0.6) is 0 Å². The number of benzene rings is 2. The number of nitrogens with zero attached hydrogens (tertiary/aromatic N) is 1. The largest absolute Gasteiger partial charge is 0.382 e. The lowest BCUT2D eigenvalue weighted by Crippen LogP contribution is -2.34. The van der Waals surface area contributed by atoms with Crippen molar-refractivity contribution in [3.8, 4) is 0 Å². The standard InChI is InChI=1S/C23H25ClN2O3/c1-3-16-6-12-19(13-7-16)25-21-20(17-8-10-18(24)11-9-17)22(27)26(23(21)28)14-5-15-29-4-2/h6-13,25H,3-5,14-15H2,1-2H3. The van der Waals surface area contributed by atoms with E-state index in [1.807, 2.05) is 31.2 Å². The lowest BCUT2D eigenvalue weighted by atomic mass is 10.0. The third kappa shape index (κ3) is 4.86. The van der Waals surface area contributed by atoms with Crippen LogP contribution in [0.1, 0.15) is 31.4 Å². The molecule has 0 aliphatic carbocycles. The molecular weight excluding hydrogens is 388 g/mol. The average molecular weight is 413 g/mol. The molecule has 0 saturated heterocycles. The fourth-order valence-corrected chi connectivity index (χ4v) is 3.34. The van der Waals surface area contributed by atoms with E-state index in [9.17, 15) is 9.59 Å². The van der Waals surface area contributed by atoms with Crippen molar-refractivity contribution < 1.29 is 14.3 Å². The van der Waals surface area contributed by atoms with Gasteiger partial charge in [0.15, 0.2) is 0 Å². The summed E-state index contributed by atoms with van der Waals surface area (Å²) in [6.45, 7) is 5.43. The molecule has 2 amide bonds. The summed E-state index contributed by atoms with van der Waals surface area (Å²) in [5.74, 6) is -0.627. The number of hydrogen-bond donors (Lipinski definition) is 1. The van der Waals surface area contributed by atoms with Gasteiger partial charge < -0.3 is 10.1 Å². The van der Waals surface area contributed by atoms with E-state index in [1.165, 1.54) is 10.5 Å². The normalized spacial score (nSPS) is 14.1. The third-order valence-corrected chi connectivity index (χ3v) is 5.06. The average Bonchev–Trinajstić information content (AvgIpc) is 2.96. The van der Waals surface area contributed by atoms with Crippen molar-refractivity contribution in [3.63, 3.8) is 0 Å². The van der Waals surface area contributed by atoms with E-state index >= 15 is 0 Å². The van der Waals surface area contributed by atoms with Gasteiger partial charge in [-0.1, -0.05) is 42.8 Å². The summed E-state index contributed by atoms with van der Waals surface area (Å²) in [6.07, 6.45) is 1.53. The van der Waals surface area contributed by atoms with Crippen LogP contribution >= 0.6 is 11.6 Å².